The molecule has 3 heterocycles. The fraction of sp³-hybridized carbons (Fsp3) is 0.536. The second-order valence-corrected chi connectivity index (χ2v) is 10.7. The molecule has 11 nitrogen and oxygen atoms in total. The van der Waals surface area contributed by atoms with Gasteiger partial charge in [-0.3, -0.25) is 4.57 Å². The van der Waals surface area contributed by atoms with Crippen molar-refractivity contribution in [3.05, 3.63) is 48.4 Å². The van der Waals surface area contributed by atoms with E-state index >= 15 is 0 Å². The van der Waals surface area contributed by atoms with Crippen LogP contribution in [0.25, 0.3) is 11.2 Å². The Balaban J connectivity index is 1.04. The lowest BCUT2D eigenvalue weighted by atomic mass is 9.84. The predicted octanol–water partition coefficient (Wildman–Crippen LogP) is 2.82. The van der Waals surface area contributed by atoms with Gasteiger partial charge in [-0.1, -0.05) is 31.4 Å². The van der Waals surface area contributed by atoms with Crippen molar-refractivity contribution in [3.63, 3.8) is 0 Å². The summed E-state index contributed by atoms with van der Waals surface area (Å²) in [6, 6.07) is 9.63. The van der Waals surface area contributed by atoms with Crippen LogP contribution in [0, 0.1) is 0 Å². The summed E-state index contributed by atoms with van der Waals surface area (Å²) in [4.78, 5) is 22.9. The van der Waals surface area contributed by atoms with Gasteiger partial charge in [-0.05, 0) is 62.5 Å². The normalized spacial score (nSPS) is 23.9. The van der Waals surface area contributed by atoms with Crippen LogP contribution in [0.4, 0.5) is 16.2 Å². The first-order chi connectivity index (χ1) is 18.9. The zero-order chi connectivity index (χ0) is 27.4. The summed E-state index contributed by atoms with van der Waals surface area (Å²) in [5.74, 6) is 0.644. The molecule has 0 spiro atoms. The first-order valence-electron chi connectivity index (χ1n) is 13.8. The van der Waals surface area contributed by atoms with Gasteiger partial charge in [0.2, 0.25) is 0 Å². The van der Waals surface area contributed by atoms with Gasteiger partial charge >= 0.3 is 6.03 Å². The number of amides is 2. The number of hydrogen-bond donors (Lipinski definition) is 5. The van der Waals surface area contributed by atoms with Gasteiger partial charge in [0.05, 0.1) is 12.0 Å². The maximum atomic E-state index is 12.3. The number of carbonyl (C=O) groups excluding carboxylic acids is 1. The number of aliphatic hydroxyl groups excluding tert-OH is 2. The number of nitrogen functional groups attached to an aromatic ring is 1. The monoisotopic (exact) mass is 537 g/mol. The summed E-state index contributed by atoms with van der Waals surface area (Å²) >= 11 is 0. The lowest BCUT2D eigenvalue weighted by Crippen LogP contribution is -2.39. The first-order valence-corrected chi connectivity index (χ1v) is 13.8. The molecule has 3 aromatic rings. The Bertz CT molecular complexity index is 1240. The third kappa shape index (κ3) is 6.33. The second kappa shape index (κ2) is 12.3. The molecule has 6 N–H and O–H groups in total. The zero-order valence-corrected chi connectivity index (χ0v) is 22.4. The molecule has 1 saturated carbocycles. The number of aromatic nitrogens is 3. The van der Waals surface area contributed by atoms with Crippen LogP contribution in [-0.4, -0.2) is 80.7 Å². The average Bonchev–Trinajstić information content (AvgIpc) is 3.49. The van der Waals surface area contributed by atoms with Crippen molar-refractivity contribution in [3.8, 4) is 0 Å². The highest BCUT2D eigenvalue weighted by Crippen LogP contribution is 2.34. The molecule has 0 radical (unpaired) electrons. The number of aliphatic hydroxyl groups is 2. The molecule has 210 valence electrons. The van der Waals surface area contributed by atoms with E-state index in [1.54, 1.807) is 16.8 Å². The highest BCUT2D eigenvalue weighted by atomic mass is 16.6. The van der Waals surface area contributed by atoms with Crippen molar-refractivity contribution in [2.24, 2.45) is 0 Å². The second-order valence-electron chi connectivity index (χ2n) is 10.7. The Kier molecular flexibility index (Phi) is 8.61. The standard InChI is InChI=1S/C28H39N7O4/c1-34(15-5-13-31-28(38)33-20-10-8-19(9-11-20)18-6-3-2-4-7-18)16-22-24(36)25(37)27(39-22)35-17-32-23-21(29)12-14-30-26(23)35/h8-12,14,17-18,22,24-25,27,36-37H,2-7,13,15-16H2,1H3,(H2,29,30)(H2,31,33,38)/t22-,24?,25?,27-/m1/s1. The molecule has 4 atom stereocenters. The number of nitrogens with one attached hydrogen (secondary N) is 2. The lowest BCUT2D eigenvalue weighted by molar-refractivity contribution is -0.0421. The fourth-order valence-corrected chi connectivity index (χ4v) is 5.65. The number of rotatable bonds is 9. The molecule has 2 aliphatic rings. The Morgan fingerprint density at radius 1 is 1.13 bits per heavy atom. The molecule has 2 aromatic heterocycles. The highest BCUT2D eigenvalue weighted by Gasteiger charge is 2.44. The van der Waals surface area contributed by atoms with Crippen molar-refractivity contribution < 1.29 is 19.7 Å². The summed E-state index contributed by atoms with van der Waals surface area (Å²) in [6.45, 7) is 1.59. The van der Waals surface area contributed by atoms with Crippen LogP contribution in [0.2, 0.25) is 0 Å². The lowest BCUT2D eigenvalue weighted by Gasteiger charge is -2.23. The minimum atomic E-state index is -1.13. The molecule has 1 aromatic carbocycles. The third-order valence-corrected chi connectivity index (χ3v) is 7.84. The zero-order valence-electron chi connectivity index (χ0n) is 22.4. The highest BCUT2D eigenvalue weighted by molar-refractivity contribution is 5.89. The van der Waals surface area contributed by atoms with Gasteiger partial charge in [0.1, 0.15) is 23.8 Å². The Morgan fingerprint density at radius 2 is 1.90 bits per heavy atom. The Morgan fingerprint density at radius 3 is 2.67 bits per heavy atom. The largest absolute Gasteiger partial charge is 0.397 e. The quantitative estimate of drug-likeness (QED) is 0.262. The van der Waals surface area contributed by atoms with E-state index in [1.165, 1.54) is 44.0 Å². The Labute approximate surface area is 228 Å². The van der Waals surface area contributed by atoms with Gasteiger partial charge in [-0.2, -0.15) is 0 Å². The molecule has 1 aliphatic heterocycles. The molecule has 1 saturated heterocycles. The van der Waals surface area contributed by atoms with Crippen molar-refractivity contribution in [1.29, 1.82) is 0 Å². The molecular formula is C28H39N7O4. The van der Waals surface area contributed by atoms with E-state index in [-0.39, 0.29) is 6.03 Å². The molecule has 39 heavy (non-hydrogen) atoms. The predicted molar refractivity (Wildman–Crippen MR) is 149 cm³/mol. The average molecular weight is 538 g/mol. The van der Waals surface area contributed by atoms with Gasteiger partial charge in [-0.25, -0.2) is 14.8 Å². The van der Waals surface area contributed by atoms with Crippen LogP contribution in [0.3, 0.4) is 0 Å². The van der Waals surface area contributed by atoms with E-state index in [1.807, 2.05) is 24.1 Å². The number of fused-ring (bicyclic) bond motifs is 1. The van der Waals surface area contributed by atoms with Crippen molar-refractivity contribution in [1.82, 2.24) is 24.8 Å². The topological polar surface area (TPSA) is 151 Å². The number of nitrogens with zero attached hydrogens (tertiary/aromatic N) is 4. The van der Waals surface area contributed by atoms with Crippen molar-refractivity contribution >= 4 is 28.6 Å². The number of ether oxygens (including phenoxy) is 1. The SMILES string of the molecule is CN(CCCNC(=O)Nc1ccc(C2CCCCC2)cc1)C[C@H]1O[C@@H](n2cnc3c(N)ccnc32)C(O)C1O. The van der Waals surface area contributed by atoms with Gasteiger partial charge in [0.15, 0.2) is 11.9 Å². The number of carbonyl (C=O) groups is 1. The van der Waals surface area contributed by atoms with Crippen LogP contribution in [0.5, 0.6) is 0 Å². The number of likely N-dealkylation sites (N-methyl/N-ethyl adjacent to an activating group) is 1. The maximum absolute atomic E-state index is 12.3. The molecule has 1 aliphatic carbocycles. The molecule has 2 amide bonds. The van der Waals surface area contributed by atoms with Crippen molar-refractivity contribution in [2.45, 2.75) is 69.0 Å². The molecule has 2 unspecified atom stereocenters. The summed E-state index contributed by atoms with van der Waals surface area (Å²) in [7, 11) is 1.92. The van der Waals surface area contributed by atoms with Gasteiger partial charge in [-0.15, -0.1) is 0 Å². The Hall–Kier alpha value is -3.25. The van der Waals surface area contributed by atoms with Crippen LogP contribution < -0.4 is 16.4 Å². The van der Waals surface area contributed by atoms with E-state index < -0.39 is 24.5 Å². The van der Waals surface area contributed by atoms with E-state index in [9.17, 15) is 15.0 Å². The fourth-order valence-electron chi connectivity index (χ4n) is 5.65. The molecular weight excluding hydrogens is 498 g/mol. The maximum Gasteiger partial charge on any atom is 0.319 e. The summed E-state index contributed by atoms with van der Waals surface area (Å²) in [5.41, 5.74) is 9.61. The van der Waals surface area contributed by atoms with Crippen LogP contribution in [-0.2, 0) is 4.74 Å². The van der Waals surface area contributed by atoms with E-state index in [2.05, 4.69) is 32.7 Å². The summed E-state index contributed by atoms with van der Waals surface area (Å²) in [6.07, 6.45) is 6.64. The number of anilines is 2. The van der Waals surface area contributed by atoms with Gasteiger partial charge in [0.25, 0.3) is 0 Å². The van der Waals surface area contributed by atoms with Crippen LogP contribution >= 0.6 is 0 Å². The molecule has 5 rings (SSSR count). The van der Waals surface area contributed by atoms with Crippen LogP contribution in [0.1, 0.15) is 56.2 Å². The molecule has 0 bridgehead atoms. The van der Waals surface area contributed by atoms with E-state index in [0.717, 1.165) is 5.69 Å². The van der Waals surface area contributed by atoms with E-state index in [4.69, 9.17) is 10.5 Å². The van der Waals surface area contributed by atoms with Gasteiger partial charge in [0, 0.05) is 25.0 Å². The van der Waals surface area contributed by atoms with Crippen molar-refractivity contribution in [2.75, 3.05) is 37.7 Å². The third-order valence-electron chi connectivity index (χ3n) is 7.84. The molecule has 11 heteroatoms. The first kappa shape index (κ1) is 27.3. The number of benzene rings is 1. The van der Waals surface area contributed by atoms with Crippen LogP contribution in [0.15, 0.2) is 42.9 Å². The van der Waals surface area contributed by atoms with Gasteiger partial charge < -0.3 is 36.2 Å². The smallest absolute Gasteiger partial charge is 0.319 e. The number of nitrogens with two attached hydrogens (primary N) is 1. The number of urea groups is 1. The number of pyridine rings is 1. The molecule has 2 fully saturated rings. The minimum absolute atomic E-state index is 0.231. The summed E-state index contributed by atoms with van der Waals surface area (Å²) < 4.78 is 7.63. The number of hydrogen-bond acceptors (Lipinski definition) is 8. The van der Waals surface area contributed by atoms with E-state index in [0.29, 0.717) is 48.8 Å². The number of imidazole rings is 1. The summed E-state index contributed by atoms with van der Waals surface area (Å²) in [5, 5.41) is 27.1. The minimum Gasteiger partial charge on any atom is -0.397 e.